The molecule has 34 heteroatoms. The number of alkyl halides is 3. The Morgan fingerprint density at radius 2 is 0.739 bits per heavy atom. The fourth-order valence-corrected chi connectivity index (χ4v) is 17.0. The first-order chi connectivity index (χ1) is 67.1. The Morgan fingerprint density at radius 1 is 0.406 bits per heavy atom. The number of benzene rings is 5. The van der Waals surface area contributed by atoms with Crippen molar-refractivity contribution < 1.29 is 37.1 Å². The number of piperazine rings is 2. The molecule has 5 aromatic carbocycles. The van der Waals surface area contributed by atoms with Gasteiger partial charge in [0, 0.05) is 251 Å². The Kier molecular flexibility index (Phi) is 28.9. The number of anilines is 8. The molecule has 0 spiro atoms. The zero-order valence-electron chi connectivity index (χ0n) is 75.9. The van der Waals surface area contributed by atoms with Gasteiger partial charge in [-0.2, -0.15) is 13.2 Å². The van der Waals surface area contributed by atoms with Crippen LogP contribution in [0.1, 0.15) is 98.5 Å². The van der Waals surface area contributed by atoms with Gasteiger partial charge in [0.25, 0.3) is 23.6 Å². The molecule has 0 radical (unpaired) electrons. The van der Waals surface area contributed by atoms with E-state index in [0.29, 0.717) is 52.2 Å². The van der Waals surface area contributed by atoms with Crippen LogP contribution in [-0.2, 0) is 17.5 Å². The van der Waals surface area contributed by atoms with Crippen molar-refractivity contribution in [3.8, 4) is 45.0 Å². The minimum atomic E-state index is -4.40. The van der Waals surface area contributed by atoms with E-state index in [1.807, 2.05) is 192 Å². The highest BCUT2D eigenvalue weighted by Crippen LogP contribution is 2.35. The number of nitrogens with zero attached hydrogens (tertiary/aromatic N) is 12. The van der Waals surface area contributed by atoms with Crippen molar-refractivity contribution in [3.63, 3.8) is 0 Å². The Morgan fingerprint density at radius 3 is 1.07 bits per heavy atom. The smallest absolute Gasteiger partial charge is 0.383 e. The molecule has 10 N–H and O–H groups in total. The number of fused-ring (bicyclic) bond motifs is 4. The quantitative estimate of drug-likeness (QED) is 0.0284. The van der Waals surface area contributed by atoms with Crippen molar-refractivity contribution in [2.75, 3.05) is 93.9 Å². The fourth-order valence-electron chi connectivity index (χ4n) is 17.0. The van der Waals surface area contributed by atoms with E-state index in [9.17, 15) is 51.5 Å². The van der Waals surface area contributed by atoms with Gasteiger partial charge in [-0.3, -0.25) is 65.8 Å². The molecule has 31 nitrogen and oxygen atoms in total. The number of amides is 4. The molecular formula is C104H101F3N22O9. The first kappa shape index (κ1) is 93.2. The van der Waals surface area contributed by atoms with Crippen molar-refractivity contribution in [2.24, 2.45) is 0 Å². The summed E-state index contributed by atoms with van der Waals surface area (Å²) in [7, 11) is 1.71. The number of imidazole rings is 4. The Hall–Kier alpha value is -16.6. The molecule has 2 saturated heterocycles. The van der Waals surface area contributed by atoms with E-state index >= 15 is 0 Å². The maximum atomic E-state index is 13.0. The van der Waals surface area contributed by atoms with Gasteiger partial charge in [-0.15, -0.1) is 0 Å². The van der Waals surface area contributed by atoms with Gasteiger partial charge in [-0.1, -0.05) is 31.4 Å². The zero-order chi connectivity index (χ0) is 95.8. The number of ether oxygens (including phenoxy) is 1. The van der Waals surface area contributed by atoms with Crippen LogP contribution in [0, 0.1) is 0 Å². The monoisotopic (exact) mass is 1860 g/mol. The lowest BCUT2D eigenvalue weighted by molar-refractivity contribution is -0.137. The highest BCUT2D eigenvalue weighted by atomic mass is 19.4. The molecule has 2 aliphatic heterocycles. The van der Waals surface area contributed by atoms with E-state index < -0.39 is 11.7 Å². The third-order valence-electron chi connectivity index (χ3n) is 24.4. The second-order valence-corrected chi connectivity index (χ2v) is 33.8. The van der Waals surface area contributed by atoms with Gasteiger partial charge in [-0.25, -0.2) is 19.9 Å². The van der Waals surface area contributed by atoms with Crippen molar-refractivity contribution in [3.05, 3.63) is 368 Å². The number of halogens is 3. The van der Waals surface area contributed by atoms with Crippen molar-refractivity contribution in [1.29, 1.82) is 0 Å². The van der Waals surface area contributed by atoms with Gasteiger partial charge in [0.1, 0.15) is 0 Å². The van der Waals surface area contributed by atoms with Crippen LogP contribution in [0.4, 0.5) is 58.7 Å². The standard InChI is InChI=1S/C27H20F3N5O2.C26H28N6O3.C26H28N6O2.C25H25N5O2/c28-27(29,30)20-5-1-17(2-6-20)16-33-26(37)18-3-7-21(8-4-18)34-22-9-10-23(35-14-13-32-25(22)35)19-11-12-31-24(36)15-19;1-35-17-16-30-12-14-31(15-13-30)26(34)19-2-4-21(5-3-19)29-22-6-7-23(32-11-10-28-25(22)32)20-8-9-27-24(33)18-20;1-18(2)30-13-15-31(16-14-30)26(34)19-3-5-21(6-4-19)29-22-7-8-23(32-12-11-28-25(22)32)20-9-10-27-24(33)17-20;31-23-16-18(12-13-26-23)22-11-10-21(24-27-14-15-30(22)24)28-20-8-6-17(7-9-20)25(32)29-19-4-2-1-3-5-19/h1-15,34H,16H2,(H,31,36)(H,33,37);2-11,18,29H,12-17H2,1H3,(H,27,33);3-12,17-18,29H,13-16H2,1-2H3,(H,27,33);6-16,19,28H,1-5H2,(H,26,31)(H,29,32). The first-order valence-corrected chi connectivity index (χ1v) is 45.4. The third kappa shape index (κ3) is 22.6. The Balaban J connectivity index is 0.000000127. The number of aromatic amines is 4. The molecule has 1 aliphatic carbocycles. The number of pyridine rings is 8. The van der Waals surface area contributed by atoms with Crippen molar-refractivity contribution in [1.82, 2.24) is 87.7 Å². The molecule has 4 amide bonds. The maximum absolute atomic E-state index is 13.0. The van der Waals surface area contributed by atoms with Gasteiger partial charge in [0.2, 0.25) is 22.2 Å². The molecule has 3 fully saturated rings. The summed E-state index contributed by atoms with van der Waals surface area (Å²) >= 11 is 0. The van der Waals surface area contributed by atoms with E-state index in [1.165, 1.54) is 37.5 Å². The molecule has 20 rings (SSSR count). The highest BCUT2D eigenvalue weighted by Gasteiger charge is 2.31. The minimum Gasteiger partial charge on any atom is -0.383 e. The van der Waals surface area contributed by atoms with Crippen LogP contribution in [0.15, 0.2) is 312 Å². The molecule has 3 aliphatic rings. The van der Waals surface area contributed by atoms with Crippen molar-refractivity contribution in [2.45, 2.75) is 70.8 Å². The van der Waals surface area contributed by atoms with Crippen LogP contribution in [0.2, 0.25) is 0 Å². The Labute approximate surface area is 789 Å². The average molecular weight is 1860 g/mol. The molecule has 12 aromatic heterocycles. The number of aromatic nitrogens is 12. The van der Waals surface area contributed by atoms with Crippen molar-refractivity contribution >= 4 is 91.7 Å². The summed E-state index contributed by atoms with van der Waals surface area (Å²) in [5.74, 6) is -0.223. The van der Waals surface area contributed by atoms with E-state index in [1.54, 1.807) is 105 Å². The zero-order valence-corrected chi connectivity index (χ0v) is 75.9. The fraction of sp³-hybridized carbons (Fsp3) is 0.212. The topological polar surface area (TPSA) is 363 Å². The molecule has 0 unspecified atom stereocenters. The minimum absolute atomic E-state index is 0.0127. The summed E-state index contributed by atoms with van der Waals surface area (Å²) in [5.41, 5.74) is 17.7. The van der Waals surface area contributed by atoms with Crippen LogP contribution >= 0.6 is 0 Å². The summed E-state index contributed by atoms with van der Waals surface area (Å²) in [4.78, 5) is 135. The number of hydrogen-bond donors (Lipinski definition) is 10. The van der Waals surface area contributed by atoms with E-state index in [-0.39, 0.29) is 52.4 Å². The molecule has 138 heavy (non-hydrogen) atoms. The number of rotatable bonds is 23. The molecule has 0 atom stereocenters. The number of hydrogen-bond acceptors (Lipinski definition) is 19. The lowest BCUT2D eigenvalue weighted by Crippen LogP contribution is -2.50. The lowest BCUT2D eigenvalue weighted by atomic mass is 9.95. The number of carbonyl (C=O) groups excluding carboxylic acids is 4. The average Bonchev–Trinajstić information content (AvgIpc) is 1.61. The predicted octanol–water partition coefficient (Wildman–Crippen LogP) is 16.3. The summed E-state index contributed by atoms with van der Waals surface area (Å²) in [6.07, 6.45) is 22.2. The van der Waals surface area contributed by atoms with Gasteiger partial charge < -0.3 is 66.4 Å². The summed E-state index contributed by atoms with van der Waals surface area (Å²) < 4.78 is 51.0. The Bertz CT molecular complexity index is 7410. The van der Waals surface area contributed by atoms with Crippen LogP contribution in [0.3, 0.4) is 0 Å². The number of H-pyrrole nitrogens is 4. The normalized spacial score (nSPS) is 13.6. The van der Waals surface area contributed by atoms with E-state index in [2.05, 4.69) is 95.4 Å². The van der Waals surface area contributed by atoms with Gasteiger partial charge in [0.15, 0.2) is 22.6 Å². The first-order valence-electron chi connectivity index (χ1n) is 45.4. The summed E-state index contributed by atoms with van der Waals surface area (Å²) in [5, 5.41) is 19.3. The molecule has 17 aromatic rings. The van der Waals surface area contributed by atoms with Gasteiger partial charge in [0.05, 0.1) is 57.7 Å². The van der Waals surface area contributed by atoms with Crippen LogP contribution in [-0.4, -0.2) is 185 Å². The molecule has 702 valence electrons. The number of nitrogens with one attached hydrogen (secondary N) is 10. The van der Waals surface area contributed by atoms with E-state index in [0.717, 1.165) is 191 Å². The maximum Gasteiger partial charge on any atom is 0.416 e. The number of methoxy groups -OCH3 is 1. The molecule has 1 saturated carbocycles. The van der Waals surface area contributed by atoms with Gasteiger partial charge >= 0.3 is 6.18 Å². The molecule has 0 bridgehead atoms. The lowest BCUT2D eigenvalue weighted by Gasteiger charge is -2.37. The van der Waals surface area contributed by atoms with Crippen LogP contribution in [0.5, 0.6) is 0 Å². The predicted molar refractivity (Wildman–Crippen MR) is 528 cm³/mol. The van der Waals surface area contributed by atoms with Gasteiger partial charge in [-0.05, 0) is 214 Å². The largest absolute Gasteiger partial charge is 0.416 e. The molecule has 14 heterocycles. The summed E-state index contributed by atoms with van der Waals surface area (Å²) in [6, 6.07) is 63.9. The van der Waals surface area contributed by atoms with E-state index in [4.69, 9.17) is 4.74 Å². The summed E-state index contributed by atoms with van der Waals surface area (Å²) in [6.45, 7) is 12.6. The van der Waals surface area contributed by atoms with Crippen LogP contribution < -0.4 is 54.1 Å². The molecular weight excluding hydrogens is 1760 g/mol. The second kappa shape index (κ2) is 42.7. The SMILES string of the molecule is CC(C)N1CCN(C(=O)c2ccc(Nc3ccc(-c4cc[nH]c(=O)c4)n4ccnc34)cc2)CC1.COCCN1CCN(C(=O)c2ccc(Nc3ccc(-c4cc[nH]c(=O)c4)n4ccnc34)cc2)CC1.O=C(NC1CCCCC1)c1ccc(Nc2ccc(-c3cc[nH]c(=O)c3)n3ccnc23)cc1.O=C(NCc1ccc(C(F)(F)F)cc1)c1ccc(Nc2ccc(-c3cc[nH]c(=O)c3)n3ccnc23)cc1. The highest BCUT2D eigenvalue weighted by molar-refractivity contribution is 5.97. The van der Waals surface area contributed by atoms with Crippen LogP contribution in [0.25, 0.3) is 67.6 Å². The number of carbonyl (C=O) groups is 4. The second-order valence-electron chi connectivity index (χ2n) is 33.8. The third-order valence-corrected chi connectivity index (χ3v) is 24.4.